The summed E-state index contributed by atoms with van der Waals surface area (Å²) in [6.45, 7) is 1.28. The van der Waals surface area contributed by atoms with Crippen LogP contribution >= 0.6 is 0 Å². The number of rotatable bonds is 8. The SMILES string of the molecule is Cc1ccc(CNC(=O)COC(=O)c2ccc(COc3ccc(F)cc3)o2)cc1F. The molecule has 0 saturated carbocycles. The van der Waals surface area contributed by atoms with Crippen LogP contribution in [0.4, 0.5) is 8.78 Å². The van der Waals surface area contributed by atoms with Gasteiger partial charge in [-0.25, -0.2) is 13.6 Å². The van der Waals surface area contributed by atoms with E-state index >= 15 is 0 Å². The van der Waals surface area contributed by atoms with Gasteiger partial charge in [0.2, 0.25) is 5.76 Å². The Morgan fingerprint density at radius 1 is 1.03 bits per heavy atom. The smallest absolute Gasteiger partial charge is 0.374 e. The van der Waals surface area contributed by atoms with Crippen molar-refractivity contribution in [1.29, 1.82) is 0 Å². The molecule has 6 nitrogen and oxygen atoms in total. The lowest BCUT2D eigenvalue weighted by molar-refractivity contribution is -0.124. The first-order valence-corrected chi connectivity index (χ1v) is 9.06. The summed E-state index contributed by atoms with van der Waals surface area (Å²) < 4.78 is 42.0. The second kappa shape index (κ2) is 9.69. The zero-order chi connectivity index (χ0) is 21.5. The van der Waals surface area contributed by atoms with E-state index in [9.17, 15) is 18.4 Å². The molecular weight excluding hydrogens is 396 g/mol. The van der Waals surface area contributed by atoms with Gasteiger partial charge in [-0.3, -0.25) is 4.79 Å². The van der Waals surface area contributed by atoms with Gasteiger partial charge in [-0.15, -0.1) is 0 Å². The van der Waals surface area contributed by atoms with E-state index in [0.717, 1.165) is 0 Å². The van der Waals surface area contributed by atoms with E-state index in [2.05, 4.69) is 5.32 Å². The van der Waals surface area contributed by atoms with Crippen molar-refractivity contribution in [3.8, 4) is 5.75 Å². The number of hydrogen-bond acceptors (Lipinski definition) is 5. The lowest BCUT2D eigenvalue weighted by Gasteiger charge is -2.07. The molecule has 0 aliphatic heterocycles. The first-order chi connectivity index (χ1) is 14.4. The van der Waals surface area contributed by atoms with Crippen LogP contribution in [0.25, 0.3) is 0 Å². The van der Waals surface area contributed by atoms with Crippen LogP contribution in [0.15, 0.2) is 59.0 Å². The molecule has 0 bridgehead atoms. The fraction of sp³-hybridized carbons (Fsp3) is 0.182. The fourth-order valence-electron chi connectivity index (χ4n) is 2.45. The fourth-order valence-corrected chi connectivity index (χ4v) is 2.45. The molecule has 8 heteroatoms. The highest BCUT2D eigenvalue weighted by atomic mass is 19.1. The Labute approximate surface area is 171 Å². The van der Waals surface area contributed by atoms with Crippen LogP contribution in [-0.2, 0) is 22.7 Å². The number of carbonyl (C=O) groups is 2. The molecule has 156 valence electrons. The summed E-state index contributed by atoms with van der Waals surface area (Å²) in [7, 11) is 0. The van der Waals surface area contributed by atoms with Gasteiger partial charge in [0.05, 0.1) is 0 Å². The Hall–Kier alpha value is -3.68. The maximum atomic E-state index is 13.5. The maximum Gasteiger partial charge on any atom is 0.374 e. The normalized spacial score (nSPS) is 10.5. The van der Waals surface area contributed by atoms with E-state index in [1.54, 1.807) is 19.1 Å². The van der Waals surface area contributed by atoms with Gasteiger partial charge in [-0.05, 0) is 60.5 Å². The predicted molar refractivity (Wildman–Crippen MR) is 103 cm³/mol. The number of hydrogen-bond donors (Lipinski definition) is 1. The third-order valence-electron chi connectivity index (χ3n) is 4.12. The van der Waals surface area contributed by atoms with Crippen molar-refractivity contribution in [2.24, 2.45) is 0 Å². The Morgan fingerprint density at radius 3 is 2.53 bits per heavy atom. The van der Waals surface area contributed by atoms with E-state index in [4.69, 9.17) is 13.9 Å². The Kier molecular flexibility index (Phi) is 6.79. The molecule has 2 aromatic carbocycles. The molecule has 3 rings (SSSR count). The summed E-state index contributed by atoms with van der Waals surface area (Å²) in [6, 6.07) is 13.1. The van der Waals surface area contributed by atoms with Crippen LogP contribution in [0.2, 0.25) is 0 Å². The lowest BCUT2D eigenvalue weighted by Crippen LogP contribution is -2.28. The number of esters is 1. The minimum absolute atomic E-state index is 0.0342. The summed E-state index contributed by atoms with van der Waals surface area (Å²) in [5.74, 6) is -1.35. The summed E-state index contributed by atoms with van der Waals surface area (Å²) in [4.78, 5) is 23.8. The topological polar surface area (TPSA) is 77.8 Å². The summed E-state index contributed by atoms with van der Waals surface area (Å²) in [5.41, 5.74) is 1.11. The van der Waals surface area contributed by atoms with Gasteiger partial charge in [0.15, 0.2) is 6.61 Å². The molecule has 0 atom stereocenters. The number of carbonyl (C=O) groups excluding carboxylic acids is 2. The minimum atomic E-state index is -0.806. The molecular formula is C22H19F2NO5. The Bertz CT molecular complexity index is 1030. The number of nitrogens with one attached hydrogen (secondary N) is 1. The van der Waals surface area contributed by atoms with Gasteiger partial charge < -0.3 is 19.2 Å². The molecule has 0 unspecified atom stereocenters. The number of amides is 1. The Morgan fingerprint density at radius 2 is 1.80 bits per heavy atom. The van der Waals surface area contributed by atoms with Gasteiger partial charge in [-0.2, -0.15) is 0 Å². The van der Waals surface area contributed by atoms with Crippen LogP contribution in [0, 0.1) is 18.6 Å². The van der Waals surface area contributed by atoms with Crippen LogP contribution in [0.3, 0.4) is 0 Å². The van der Waals surface area contributed by atoms with Crippen molar-refractivity contribution in [1.82, 2.24) is 5.32 Å². The van der Waals surface area contributed by atoms with E-state index in [1.807, 2.05) is 0 Å². The number of aryl methyl sites for hydroxylation is 1. The standard InChI is InChI=1S/C22H19F2NO5/c1-14-2-3-15(10-19(14)24)11-25-21(26)13-29-22(27)20-9-8-18(30-20)12-28-17-6-4-16(23)5-7-17/h2-10H,11-13H2,1H3,(H,25,26). The summed E-state index contributed by atoms with van der Waals surface area (Å²) in [5, 5.41) is 2.54. The maximum absolute atomic E-state index is 13.5. The highest BCUT2D eigenvalue weighted by Gasteiger charge is 2.15. The lowest BCUT2D eigenvalue weighted by atomic mass is 10.1. The van der Waals surface area contributed by atoms with Crippen molar-refractivity contribution in [2.75, 3.05) is 6.61 Å². The van der Waals surface area contributed by atoms with E-state index < -0.39 is 18.5 Å². The summed E-state index contributed by atoms with van der Waals surface area (Å²) >= 11 is 0. The monoisotopic (exact) mass is 415 g/mol. The van der Waals surface area contributed by atoms with Crippen molar-refractivity contribution in [3.05, 3.63) is 88.9 Å². The van der Waals surface area contributed by atoms with Gasteiger partial charge >= 0.3 is 5.97 Å². The summed E-state index contributed by atoms with van der Waals surface area (Å²) in [6.07, 6.45) is 0. The predicted octanol–water partition coefficient (Wildman–Crippen LogP) is 3.92. The number of ether oxygens (including phenoxy) is 2. The molecule has 0 fully saturated rings. The largest absolute Gasteiger partial charge is 0.486 e. The van der Waals surface area contributed by atoms with Crippen molar-refractivity contribution in [2.45, 2.75) is 20.1 Å². The highest BCUT2D eigenvalue weighted by molar-refractivity contribution is 5.88. The van der Waals surface area contributed by atoms with E-state index in [-0.39, 0.29) is 30.5 Å². The molecule has 0 saturated heterocycles. The molecule has 0 aliphatic rings. The Balaban J connectivity index is 1.42. The average molecular weight is 415 g/mol. The highest BCUT2D eigenvalue weighted by Crippen LogP contribution is 2.15. The molecule has 0 spiro atoms. The van der Waals surface area contributed by atoms with Crippen molar-refractivity contribution in [3.63, 3.8) is 0 Å². The molecule has 1 heterocycles. The van der Waals surface area contributed by atoms with Crippen molar-refractivity contribution >= 4 is 11.9 Å². The molecule has 1 amide bonds. The van der Waals surface area contributed by atoms with E-state index in [1.165, 1.54) is 42.5 Å². The van der Waals surface area contributed by atoms with Gasteiger partial charge in [-0.1, -0.05) is 12.1 Å². The number of furan rings is 1. The van der Waals surface area contributed by atoms with Gasteiger partial charge in [0, 0.05) is 6.54 Å². The molecule has 30 heavy (non-hydrogen) atoms. The van der Waals surface area contributed by atoms with Gasteiger partial charge in [0.25, 0.3) is 5.91 Å². The van der Waals surface area contributed by atoms with Crippen LogP contribution < -0.4 is 10.1 Å². The van der Waals surface area contributed by atoms with E-state index in [0.29, 0.717) is 22.6 Å². The number of benzene rings is 2. The third kappa shape index (κ3) is 5.91. The molecule has 0 aliphatic carbocycles. The molecule has 0 radical (unpaired) electrons. The second-order valence-corrected chi connectivity index (χ2v) is 6.44. The van der Waals surface area contributed by atoms with Crippen LogP contribution in [0.5, 0.6) is 5.75 Å². The second-order valence-electron chi connectivity index (χ2n) is 6.44. The zero-order valence-corrected chi connectivity index (χ0v) is 16.1. The molecule has 3 aromatic rings. The zero-order valence-electron chi connectivity index (χ0n) is 16.1. The quantitative estimate of drug-likeness (QED) is 0.565. The third-order valence-corrected chi connectivity index (χ3v) is 4.12. The molecule has 1 N–H and O–H groups in total. The average Bonchev–Trinajstić information content (AvgIpc) is 3.21. The first kappa shape index (κ1) is 21.0. The first-order valence-electron chi connectivity index (χ1n) is 9.06. The minimum Gasteiger partial charge on any atom is -0.486 e. The van der Waals surface area contributed by atoms with Crippen molar-refractivity contribution < 1.29 is 32.3 Å². The van der Waals surface area contributed by atoms with Crippen LogP contribution in [-0.4, -0.2) is 18.5 Å². The van der Waals surface area contributed by atoms with Crippen LogP contribution in [0.1, 0.15) is 27.4 Å². The van der Waals surface area contributed by atoms with Gasteiger partial charge in [0.1, 0.15) is 29.8 Å². The number of halogens is 2. The molecule has 1 aromatic heterocycles.